The van der Waals surface area contributed by atoms with E-state index >= 15 is 0 Å². The van der Waals surface area contributed by atoms with E-state index in [2.05, 4.69) is 32.7 Å². The van der Waals surface area contributed by atoms with Crippen LogP contribution in [0.4, 0.5) is 11.8 Å². The Kier molecular flexibility index (Phi) is 5.18. The van der Waals surface area contributed by atoms with Crippen LogP contribution in [0, 0.1) is 6.92 Å². The van der Waals surface area contributed by atoms with Crippen LogP contribution in [0.15, 0.2) is 6.07 Å². The van der Waals surface area contributed by atoms with Gasteiger partial charge >= 0.3 is 0 Å². The number of hydrogen-bond donors (Lipinski definition) is 0. The highest BCUT2D eigenvalue weighted by Crippen LogP contribution is 2.20. The lowest BCUT2D eigenvalue weighted by Crippen LogP contribution is -2.49. The lowest BCUT2D eigenvalue weighted by Gasteiger charge is -2.36. The fourth-order valence-electron chi connectivity index (χ4n) is 3.35. The number of likely N-dealkylation sites (N-methyl/N-ethyl adjacent to an activating group) is 1. The maximum atomic E-state index is 11.5. The Morgan fingerprint density at radius 3 is 2.21 bits per heavy atom. The number of piperazine rings is 2. The Morgan fingerprint density at radius 2 is 1.62 bits per heavy atom. The molecular formula is C17H28N6O. The fraction of sp³-hybridized carbons (Fsp3) is 0.706. The molecule has 2 fully saturated rings. The fourth-order valence-corrected chi connectivity index (χ4v) is 3.35. The van der Waals surface area contributed by atoms with E-state index in [-0.39, 0.29) is 5.91 Å². The lowest BCUT2D eigenvalue weighted by atomic mass is 10.3. The van der Waals surface area contributed by atoms with Crippen LogP contribution in [0.25, 0.3) is 0 Å². The molecule has 3 heterocycles. The molecule has 2 saturated heterocycles. The molecule has 0 saturated carbocycles. The second-order valence-corrected chi connectivity index (χ2v) is 6.58. The lowest BCUT2D eigenvalue weighted by molar-refractivity contribution is -0.129. The second-order valence-electron chi connectivity index (χ2n) is 6.58. The predicted octanol–water partition coefficient (Wildman–Crippen LogP) is 0.595. The highest BCUT2D eigenvalue weighted by atomic mass is 16.2. The summed E-state index contributed by atoms with van der Waals surface area (Å²) < 4.78 is 0. The maximum absolute atomic E-state index is 11.5. The molecule has 7 heteroatoms. The van der Waals surface area contributed by atoms with Crippen molar-refractivity contribution in [3.05, 3.63) is 11.8 Å². The number of aromatic nitrogens is 2. The molecule has 2 aliphatic rings. The normalized spacial score (nSPS) is 19.7. The number of anilines is 2. The Balaban J connectivity index is 1.69. The molecule has 0 unspecified atom stereocenters. The number of rotatable bonds is 3. The Bertz CT molecular complexity index is 576. The molecule has 1 aromatic heterocycles. The van der Waals surface area contributed by atoms with Crippen LogP contribution in [0.2, 0.25) is 0 Å². The van der Waals surface area contributed by atoms with Crippen LogP contribution in [0.3, 0.4) is 0 Å². The quantitative estimate of drug-likeness (QED) is 0.808. The van der Waals surface area contributed by atoms with Crippen molar-refractivity contribution in [2.75, 3.05) is 68.7 Å². The van der Waals surface area contributed by atoms with Crippen LogP contribution in [-0.2, 0) is 4.79 Å². The number of carbonyl (C=O) groups excluding carboxylic acids is 1. The molecule has 1 amide bonds. The van der Waals surface area contributed by atoms with Gasteiger partial charge in [-0.1, -0.05) is 6.92 Å². The molecule has 0 atom stereocenters. The van der Waals surface area contributed by atoms with Crippen molar-refractivity contribution >= 4 is 17.7 Å². The van der Waals surface area contributed by atoms with Gasteiger partial charge in [-0.3, -0.25) is 4.79 Å². The van der Waals surface area contributed by atoms with Gasteiger partial charge in [-0.25, -0.2) is 4.98 Å². The van der Waals surface area contributed by atoms with E-state index in [9.17, 15) is 4.79 Å². The Hall–Kier alpha value is -1.89. The maximum Gasteiger partial charge on any atom is 0.227 e. The third-order valence-electron chi connectivity index (χ3n) is 4.98. The molecule has 3 rings (SSSR count). The summed E-state index contributed by atoms with van der Waals surface area (Å²) in [4.78, 5) is 29.9. The number of carbonyl (C=O) groups is 1. The first-order valence-corrected chi connectivity index (χ1v) is 8.90. The first-order chi connectivity index (χ1) is 11.6. The van der Waals surface area contributed by atoms with Crippen molar-refractivity contribution in [2.24, 2.45) is 0 Å². The predicted molar refractivity (Wildman–Crippen MR) is 95.6 cm³/mol. The number of amides is 1. The van der Waals surface area contributed by atoms with Gasteiger partial charge in [0.05, 0.1) is 0 Å². The summed E-state index contributed by atoms with van der Waals surface area (Å²) >= 11 is 0. The topological polar surface area (TPSA) is 55.8 Å². The number of hydrogen-bond acceptors (Lipinski definition) is 6. The molecule has 0 radical (unpaired) electrons. The van der Waals surface area contributed by atoms with Gasteiger partial charge in [-0.15, -0.1) is 0 Å². The summed E-state index contributed by atoms with van der Waals surface area (Å²) in [6.07, 6.45) is 0. The summed E-state index contributed by atoms with van der Waals surface area (Å²) in [5, 5.41) is 0. The van der Waals surface area contributed by atoms with Crippen molar-refractivity contribution in [2.45, 2.75) is 20.8 Å². The van der Waals surface area contributed by atoms with E-state index in [1.165, 1.54) is 0 Å². The zero-order chi connectivity index (χ0) is 17.1. The largest absolute Gasteiger partial charge is 0.353 e. The van der Waals surface area contributed by atoms with Crippen molar-refractivity contribution in [3.8, 4) is 0 Å². The average Bonchev–Trinajstić information content (AvgIpc) is 2.61. The van der Waals surface area contributed by atoms with Gasteiger partial charge in [0, 0.05) is 71.0 Å². The third kappa shape index (κ3) is 3.77. The highest BCUT2D eigenvalue weighted by Gasteiger charge is 2.22. The van der Waals surface area contributed by atoms with Gasteiger partial charge in [0.15, 0.2) is 0 Å². The van der Waals surface area contributed by atoms with E-state index < -0.39 is 0 Å². The van der Waals surface area contributed by atoms with Gasteiger partial charge in [-0.2, -0.15) is 4.98 Å². The van der Waals surface area contributed by atoms with Crippen LogP contribution in [-0.4, -0.2) is 84.6 Å². The first-order valence-electron chi connectivity index (χ1n) is 8.90. The molecule has 7 nitrogen and oxygen atoms in total. The first kappa shape index (κ1) is 17.0. The molecule has 0 bridgehead atoms. The van der Waals surface area contributed by atoms with E-state index in [1.807, 2.05) is 11.8 Å². The SMILES string of the molecule is CCN1CCN(c2nc(C)cc(N3CCN(C(C)=O)CC3)n2)CC1. The van der Waals surface area contributed by atoms with Gasteiger partial charge in [-0.05, 0) is 13.5 Å². The summed E-state index contributed by atoms with van der Waals surface area (Å²) in [5.74, 6) is 1.98. The minimum atomic E-state index is 0.156. The minimum absolute atomic E-state index is 0.156. The molecule has 0 N–H and O–H groups in total. The van der Waals surface area contributed by atoms with E-state index in [4.69, 9.17) is 4.98 Å². The summed E-state index contributed by atoms with van der Waals surface area (Å²) in [7, 11) is 0. The summed E-state index contributed by atoms with van der Waals surface area (Å²) in [5.41, 5.74) is 1.00. The van der Waals surface area contributed by atoms with Crippen LogP contribution < -0.4 is 9.80 Å². The van der Waals surface area contributed by atoms with E-state index in [0.717, 1.165) is 76.4 Å². The van der Waals surface area contributed by atoms with Crippen LogP contribution in [0.1, 0.15) is 19.5 Å². The van der Waals surface area contributed by atoms with E-state index in [0.29, 0.717) is 0 Å². The third-order valence-corrected chi connectivity index (χ3v) is 4.98. The Labute approximate surface area is 144 Å². The molecule has 2 aliphatic heterocycles. The van der Waals surface area contributed by atoms with Gasteiger partial charge in [0.2, 0.25) is 11.9 Å². The Morgan fingerprint density at radius 1 is 1.00 bits per heavy atom. The molecule has 0 spiro atoms. The summed E-state index contributed by atoms with van der Waals surface area (Å²) in [6, 6.07) is 2.05. The molecule has 132 valence electrons. The van der Waals surface area contributed by atoms with Gasteiger partial charge in [0.1, 0.15) is 5.82 Å². The number of aryl methyl sites for hydroxylation is 1. The van der Waals surface area contributed by atoms with Gasteiger partial charge in [0.25, 0.3) is 0 Å². The zero-order valence-electron chi connectivity index (χ0n) is 15.0. The van der Waals surface area contributed by atoms with Crippen LogP contribution in [0.5, 0.6) is 0 Å². The molecule has 1 aromatic rings. The average molecular weight is 332 g/mol. The van der Waals surface area contributed by atoms with Crippen molar-refractivity contribution in [3.63, 3.8) is 0 Å². The molecule has 24 heavy (non-hydrogen) atoms. The molecular weight excluding hydrogens is 304 g/mol. The second kappa shape index (κ2) is 7.34. The smallest absolute Gasteiger partial charge is 0.227 e. The van der Waals surface area contributed by atoms with E-state index in [1.54, 1.807) is 6.92 Å². The zero-order valence-corrected chi connectivity index (χ0v) is 15.0. The van der Waals surface area contributed by atoms with Gasteiger partial charge < -0.3 is 19.6 Å². The highest BCUT2D eigenvalue weighted by molar-refractivity contribution is 5.73. The van der Waals surface area contributed by atoms with Crippen molar-refractivity contribution < 1.29 is 4.79 Å². The number of nitrogens with zero attached hydrogens (tertiary/aromatic N) is 6. The minimum Gasteiger partial charge on any atom is -0.353 e. The van der Waals surface area contributed by atoms with Crippen molar-refractivity contribution in [1.29, 1.82) is 0 Å². The van der Waals surface area contributed by atoms with Crippen molar-refractivity contribution in [1.82, 2.24) is 19.8 Å². The molecule has 0 aliphatic carbocycles. The monoisotopic (exact) mass is 332 g/mol. The van der Waals surface area contributed by atoms with Crippen LogP contribution >= 0.6 is 0 Å². The molecule has 0 aromatic carbocycles. The summed E-state index contributed by atoms with van der Waals surface area (Å²) in [6.45, 7) is 14.3. The standard InChI is InChI=1S/C17H28N6O/c1-4-20-5-7-23(8-6-20)17-18-14(2)13-16(19-17)22-11-9-21(10-12-22)15(3)24/h13H,4-12H2,1-3H3.